The Bertz CT molecular complexity index is 975. The molecule has 0 spiro atoms. The first-order valence-corrected chi connectivity index (χ1v) is 11.3. The van der Waals surface area contributed by atoms with Crippen LogP contribution in [0.15, 0.2) is 29.2 Å². The van der Waals surface area contributed by atoms with E-state index < -0.39 is 24.5 Å². The molecule has 0 atom stereocenters. The molecule has 1 aromatic carbocycles. The minimum Gasteiger partial charge on any atom is -0.462 e. The van der Waals surface area contributed by atoms with Crippen molar-refractivity contribution in [3.8, 4) is 0 Å². The van der Waals surface area contributed by atoms with Crippen LogP contribution >= 0.6 is 34.7 Å². The van der Waals surface area contributed by atoms with Gasteiger partial charge in [0, 0.05) is 17.0 Å². The minimum atomic E-state index is -0.655. The van der Waals surface area contributed by atoms with Crippen molar-refractivity contribution < 1.29 is 28.7 Å². The van der Waals surface area contributed by atoms with Gasteiger partial charge in [0.25, 0.3) is 11.8 Å². The summed E-state index contributed by atoms with van der Waals surface area (Å²) < 4.78 is 10.0. The molecule has 1 aromatic heterocycles. The van der Waals surface area contributed by atoms with Gasteiger partial charge in [-0.05, 0) is 43.7 Å². The van der Waals surface area contributed by atoms with Crippen molar-refractivity contribution >= 4 is 63.5 Å². The Morgan fingerprint density at radius 1 is 1.13 bits per heavy atom. The molecule has 0 bridgehead atoms. The molecule has 2 aromatic rings. The van der Waals surface area contributed by atoms with Crippen molar-refractivity contribution in [2.24, 2.45) is 0 Å². The summed E-state index contributed by atoms with van der Waals surface area (Å²) in [7, 11) is 1.46. The van der Waals surface area contributed by atoms with Gasteiger partial charge in [-0.2, -0.15) is 0 Å². The van der Waals surface area contributed by atoms with Gasteiger partial charge in [0.2, 0.25) is 0 Å². The van der Waals surface area contributed by atoms with E-state index in [9.17, 15) is 19.2 Å². The average molecular weight is 485 g/mol. The molecule has 0 aliphatic heterocycles. The second kappa shape index (κ2) is 11.7. The molecular formula is C20H21ClN2O6S2. The van der Waals surface area contributed by atoms with E-state index in [4.69, 9.17) is 21.1 Å². The molecular weight excluding hydrogens is 464 g/mol. The number of hydrogen-bond donors (Lipinski definition) is 2. The van der Waals surface area contributed by atoms with E-state index in [1.807, 2.05) is 0 Å². The SMILES string of the molecule is CCOC(=O)c1c(NC(=O)COC(=O)CSc2ccc(Cl)cc2)sc(C(=O)NC)c1C. The van der Waals surface area contributed by atoms with E-state index in [0.717, 1.165) is 16.2 Å². The van der Waals surface area contributed by atoms with E-state index in [0.29, 0.717) is 10.6 Å². The zero-order valence-electron chi connectivity index (χ0n) is 17.1. The second-order valence-corrected chi connectivity index (χ2v) is 8.52. The lowest BCUT2D eigenvalue weighted by atomic mass is 10.1. The molecule has 2 rings (SSSR count). The van der Waals surface area contributed by atoms with Crippen molar-refractivity contribution in [2.75, 3.05) is 31.3 Å². The van der Waals surface area contributed by atoms with Gasteiger partial charge in [-0.15, -0.1) is 23.1 Å². The molecule has 2 amide bonds. The van der Waals surface area contributed by atoms with Crippen LogP contribution in [0.1, 0.15) is 32.5 Å². The van der Waals surface area contributed by atoms with Gasteiger partial charge in [-0.1, -0.05) is 11.6 Å². The maximum atomic E-state index is 12.3. The first-order valence-electron chi connectivity index (χ1n) is 9.13. The smallest absolute Gasteiger partial charge is 0.341 e. The highest BCUT2D eigenvalue weighted by atomic mass is 35.5. The average Bonchev–Trinajstić information content (AvgIpc) is 3.07. The molecule has 0 saturated carbocycles. The van der Waals surface area contributed by atoms with Crippen LogP contribution in [0.25, 0.3) is 0 Å². The molecule has 11 heteroatoms. The fraction of sp³-hybridized carbons (Fsp3) is 0.300. The number of carbonyl (C=O) groups is 4. The van der Waals surface area contributed by atoms with Gasteiger partial charge < -0.3 is 20.1 Å². The van der Waals surface area contributed by atoms with E-state index in [-0.39, 0.29) is 33.7 Å². The predicted octanol–water partition coefficient (Wildman–Crippen LogP) is 3.52. The van der Waals surface area contributed by atoms with Gasteiger partial charge in [0.15, 0.2) is 6.61 Å². The van der Waals surface area contributed by atoms with Crippen LogP contribution in [0.5, 0.6) is 0 Å². The fourth-order valence-corrected chi connectivity index (χ4v) is 4.38. The molecule has 1 heterocycles. The number of hydrogen-bond acceptors (Lipinski definition) is 8. The van der Waals surface area contributed by atoms with Crippen molar-refractivity contribution in [1.82, 2.24) is 5.32 Å². The predicted molar refractivity (Wildman–Crippen MR) is 120 cm³/mol. The third-order valence-corrected chi connectivity index (χ3v) is 6.29. The fourth-order valence-electron chi connectivity index (χ4n) is 2.40. The summed E-state index contributed by atoms with van der Waals surface area (Å²) in [6.07, 6.45) is 0. The van der Waals surface area contributed by atoms with Gasteiger partial charge in [0.1, 0.15) is 5.00 Å². The summed E-state index contributed by atoms with van der Waals surface area (Å²) in [5.41, 5.74) is 0.498. The van der Waals surface area contributed by atoms with Crippen LogP contribution in [0.4, 0.5) is 5.00 Å². The maximum absolute atomic E-state index is 12.3. The molecule has 166 valence electrons. The highest BCUT2D eigenvalue weighted by molar-refractivity contribution is 8.00. The lowest BCUT2D eigenvalue weighted by Crippen LogP contribution is -2.22. The van der Waals surface area contributed by atoms with Crippen molar-refractivity contribution in [2.45, 2.75) is 18.7 Å². The second-order valence-electron chi connectivity index (χ2n) is 6.01. The minimum absolute atomic E-state index is 0.0158. The van der Waals surface area contributed by atoms with E-state index >= 15 is 0 Å². The number of ether oxygens (including phenoxy) is 2. The van der Waals surface area contributed by atoms with E-state index in [1.54, 1.807) is 38.1 Å². The molecule has 2 N–H and O–H groups in total. The molecule has 31 heavy (non-hydrogen) atoms. The van der Waals surface area contributed by atoms with Crippen molar-refractivity contribution in [3.63, 3.8) is 0 Å². The zero-order chi connectivity index (χ0) is 23.0. The third-order valence-electron chi connectivity index (χ3n) is 3.85. The number of thioether (sulfide) groups is 1. The molecule has 0 fully saturated rings. The van der Waals surface area contributed by atoms with E-state index in [2.05, 4.69) is 10.6 Å². The monoisotopic (exact) mass is 484 g/mol. The summed E-state index contributed by atoms with van der Waals surface area (Å²) in [4.78, 5) is 49.6. The number of carbonyl (C=O) groups excluding carboxylic acids is 4. The van der Waals surface area contributed by atoms with Crippen molar-refractivity contribution in [3.05, 3.63) is 45.3 Å². The number of anilines is 1. The molecule has 0 saturated heterocycles. The quantitative estimate of drug-likeness (QED) is 0.413. The summed E-state index contributed by atoms with van der Waals surface area (Å²) in [5.74, 6) is -2.24. The highest BCUT2D eigenvalue weighted by Crippen LogP contribution is 2.33. The van der Waals surface area contributed by atoms with Crippen LogP contribution in [-0.2, 0) is 19.1 Å². The lowest BCUT2D eigenvalue weighted by Gasteiger charge is -2.08. The Kier molecular flexibility index (Phi) is 9.35. The zero-order valence-corrected chi connectivity index (χ0v) is 19.5. The maximum Gasteiger partial charge on any atom is 0.341 e. The van der Waals surface area contributed by atoms with Crippen LogP contribution in [0.2, 0.25) is 5.02 Å². The number of rotatable bonds is 9. The summed E-state index contributed by atoms with van der Waals surface area (Å²) in [6.45, 7) is 2.85. The first-order chi connectivity index (χ1) is 14.8. The van der Waals surface area contributed by atoms with Gasteiger partial charge in [-0.25, -0.2) is 4.79 Å². The Hall–Kier alpha value is -2.56. The molecule has 0 unspecified atom stereocenters. The summed E-state index contributed by atoms with van der Waals surface area (Å²) >= 11 is 8.01. The Morgan fingerprint density at radius 3 is 2.42 bits per heavy atom. The number of amides is 2. The summed E-state index contributed by atoms with van der Waals surface area (Å²) in [5, 5.41) is 5.76. The third kappa shape index (κ3) is 6.98. The molecule has 0 aliphatic rings. The normalized spacial score (nSPS) is 10.3. The Labute approximate surface area is 192 Å². The standard InChI is InChI=1S/C20H21ClN2O6S2/c1-4-28-20(27)16-11(2)17(18(26)22-3)31-19(16)23-14(24)9-29-15(25)10-30-13-7-5-12(21)6-8-13/h5-8H,4,9-10H2,1-3H3,(H,22,26)(H,23,24). The number of benzene rings is 1. The summed E-state index contributed by atoms with van der Waals surface area (Å²) in [6, 6.07) is 6.96. The first kappa shape index (κ1) is 24.7. The molecule has 0 aliphatic carbocycles. The number of nitrogens with one attached hydrogen (secondary N) is 2. The van der Waals surface area contributed by atoms with Crippen LogP contribution in [0.3, 0.4) is 0 Å². The highest BCUT2D eigenvalue weighted by Gasteiger charge is 2.26. The van der Waals surface area contributed by atoms with Crippen LogP contribution < -0.4 is 10.6 Å². The van der Waals surface area contributed by atoms with Gasteiger partial charge in [-0.3, -0.25) is 14.4 Å². The van der Waals surface area contributed by atoms with E-state index in [1.165, 1.54) is 18.8 Å². The van der Waals surface area contributed by atoms with Crippen LogP contribution in [-0.4, -0.2) is 49.8 Å². The number of esters is 2. The topological polar surface area (TPSA) is 111 Å². The number of thiophene rings is 1. The van der Waals surface area contributed by atoms with Crippen molar-refractivity contribution in [1.29, 1.82) is 0 Å². The Balaban J connectivity index is 1.98. The Morgan fingerprint density at radius 2 is 1.81 bits per heavy atom. The van der Waals surface area contributed by atoms with Crippen LogP contribution in [0, 0.1) is 6.92 Å². The largest absolute Gasteiger partial charge is 0.462 e. The number of halogens is 1. The lowest BCUT2D eigenvalue weighted by molar-refractivity contribution is -0.144. The van der Waals surface area contributed by atoms with Gasteiger partial charge >= 0.3 is 11.9 Å². The van der Waals surface area contributed by atoms with Gasteiger partial charge in [0.05, 0.1) is 22.8 Å². The molecule has 0 radical (unpaired) electrons. The molecule has 8 nitrogen and oxygen atoms in total.